The van der Waals surface area contributed by atoms with Crippen molar-refractivity contribution in [3.63, 3.8) is 0 Å². The van der Waals surface area contributed by atoms with Gasteiger partial charge in [-0.2, -0.15) is 0 Å². The molecule has 0 radical (unpaired) electrons. The first-order valence-electron chi connectivity index (χ1n) is 11.8. The van der Waals surface area contributed by atoms with E-state index < -0.39 is 48.7 Å². The summed E-state index contributed by atoms with van der Waals surface area (Å²) in [5.41, 5.74) is 0.732. The Morgan fingerprint density at radius 2 is 1.92 bits per heavy atom. The molecule has 0 unspecified atom stereocenters. The first-order valence-corrected chi connectivity index (χ1v) is 12.2. The van der Waals surface area contributed by atoms with Gasteiger partial charge in [-0.05, 0) is 37.3 Å². The van der Waals surface area contributed by atoms with Crippen molar-refractivity contribution >= 4 is 11.6 Å². The third kappa shape index (κ3) is 3.66. The molecule has 5 atom stereocenters. The zero-order chi connectivity index (χ0) is 25.2. The summed E-state index contributed by atoms with van der Waals surface area (Å²) in [5.74, 6) is -1.53. The molecule has 13 heteroatoms. The van der Waals surface area contributed by atoms with Gasteiger partial charge in [0.25, 0.3) is 0 Å². The number of methoxy groups -OCH3 is 1. The number of hydrogen-bond donors (Lipinski definition) is 2. The van der Waals surface area contributed by atoms with Crippen molar-refractivity contribution in [1.29, 1.82) is 0 Å². The van der Waals surface area contributed by atoms with E-state index in [0.29, 0.717) is 12.1 Å². The molecule has 0 spiro atoms. The van der Waals surface area contributed by atoms with Crippen LogP contribution < -0.4 is 0 Å². The van der Waals surface area contributed by atoms with Crippen LogP contribution in [0, 0.1) is 17.6 Å². The van der Waals surface area contributed by atoms with Crippen LogP contribution in [-0.4, -0.2) is 78.3 Å². The minimum atomic E-state index is -1.21. The Bertz CT molecular complexity index is 1270. The largest absolute Gasteiger partial charge is 0.394 e. The number of hydrogen-bond acceptors (Lipinski definition) is 8. The monoisotopic (exact) mass is 522 g/mol. The number of halogens is 3. The molecule has 2 aromatic heterocycles. The average Bonchev–Trinajstić information content (AvgIpc) is 3.46. The topological polar surface area (TPSA) is 120 Å². The molecule has 0 amide bonds. The number of ether oxygens (including phenoxy) is 2. The van der Waals surface area contributed by atoms with Crippen molar-refractivity contribution in [2.45, 2.75) is 61.7 Å². The van der Waals surface area contributed by atoms with Crippen molar-refractivity contribution in [2.75, 3.05) is 13.7 Å². The predicted molar refractivity (Wildman–Crippen MR) is 121 cm³/mol. The molecule has 36 heavy (non-hydrogen) atoms. The molecule has 1 saturated heterocycles. The summed E-state index contributed by atoms with van der Waals surface area (Å²) in [6, 6.07) is 1.70. The van der Waals surface area contributed by atoms with Crippen LogP contribution >= 0.6 is 11.6 Å². The Hall–Kier alpha value is -2.51. The van der Waals surface area contributed by atoms with Gasteiger partial charge in [-0.1, -0.05) is 22.0 Å². The van der Waals surface area contributed by atoms with E-state index in [1.54, 1.807) is 0 Å². The van der Waals surface area contributed by atoms with Gasteiger partial charge >= 0.3 is 0 Å². The maximum atomic E-state index is 14.5. The van der Waals surface area contributed by atoms with E-state index in [9.17, 15) is 19.0 Å². The van der Waals surface area contributed by atoms with Crippen molar-refractivity contribution in [2.24, 2.45) is 5.92 Å². The second-order valence-electron chi connectivity index (χ2n) is 9.95. The molecule has 192 valence electrons. The molecule has 1 aliphatic heterocycles. The van der Waals surface area contributed by atoms with E-state index in [4.69, 9.17) is 21.1 Å². The lowest BCUT2D eigenvalue weighted by Gasteiger charge is -2.61. The minimum absolute atomic E-state index is 0.0511. The molecule has 3 heterocycles. The summed E-state index contributed by atoms with van der Waals surface area (Å²) >= 11 is 5.66. The van der Waals surface area contributed by atoms with Gasteiger partial charge in [0, 0.05) is 25.3 Å². The van der Waals surface area contributed by atoms with Crippen molar-refractivity contribution in [3.8, 4) is 11.3 Å². The molecule has 1 aromatic carbocycles. The molecule has 2 bridgehead atoms. The molecule has 4 fully saturated rings. The minimum Gasteiger partial charge on any atom is -0.394 e. The van der Waals surface area contributed by atoms with E-state index >= 15 is 0 Å². The van der Waals surface area contributed by atoms with Crippen LogP contribution in [-0.2, 0) is 21.4 Å². The van der Waals surface area contributed by atoms with Crippen LogP contribution in [0.4, 0.5) is 8.78 Å². The maximum absolute atomic E-state index is 14.5. The van der Waals surface area contributed by atoms with Crippen LogP contribution in [0.1, 0.15) is 31.0 Å². The lowest BCUT2D eigenvalue weighted by molar-refractivity contribution is -0.212. The second kappa shape index (κ2) is 8.80. The first-order chi connectivity index (χ1) is 17.3. The smallest absolute Gasteiger partial charge is 0.178 e. The summed E-state index contributed by atoms with van der Waals surface area (Å²) in [6.07, 6.45) is 3.56. The Balaban J connectivity index is 1.28. The average molecular weight is 523 g/mol. The van der Waals surface area contributed by atoms with Gasteiger partial charge in [-0.15, -0.1) is 10.2 Å². The highest BCUT2D eigenvalue weighted by molar-refractivity contribution is 6.30. The lowest BCUT2D eigenvalue weighted by atomic mass is 9.50. The summed E-state index contributed by atoms with van der Waals surface area (Å²) in [4.78, 5) is 0. The fraction of sp³-hybridized carbons (Fsp3) is 0.565. The zero-order valence-electron chi connectivity index (χ0n) is 19.3. The lowest BCUT2D eigenvalue weighted by Crippen LogP contribution is -2.59. The number of aliphatic hydroxyl groups excluding tert-OH is 2. The van der Waals surface area contributed by atoms with E-state index in [1.165, 1.54) is 30.1 Å². The summed E-state index contributed by atoms with van der Waals surface area (Å²) in [6.45, 7) is -0.444. The van der Waals surface area contributed by atoms with Gasteiger partial charge in [0.2, 0.25) is 0 Å². The third-order valence-corrected chi connectivity index (χ3v) is 8.10. The van der Waals surface area contributed by atoms with E-state index in [0.717, 1.165) is 25.2 Å². The molecule has 3 aliphatic carbocycles. The quantitative estimate of drug-likeness (QED) is 0.451. The van der Waals surface area contributed by atoms with Gasteiger partial charge in [-0.3, -0.25) is 0 Å². The number of aliphatic hydroxyl groups is 2. The number of aromatic nitrogens is 6. The number of nitrogens with zero attached hydrogens (tertiary/aromatic N) is 6. The van der Waals surface area contributed by atoms with Gasteiger partial charge in [0.15, 0.2) is 11.6 Å². The highest BCUT2D eigenvalue weighted by Gasteiger charge is 2.59. The highest BCUT2D eigenvalue weighted by atomic mass is 35.5. The predicted octanol–water partition coefficient (Wildman–Crippen LogP) is 1.90. The Kier molecular flexibility index (Phi) is 5.84. The Labute approximate surface area is 209 Å². The zero-order valence-corrected chi connectivity index (χ0v) is 20.1. The molecular formula is C23H25ClF2N6O4. The van der Waals surface area contributed by atoms with Crippen molar-refractivity contribution in [1.82, 2.24) is 30.0 Å². The van der Waals surface area contributed by atoms with Crippen LogP contribution in [0.3, 0.4) is 0 Å². The molecular weight excluding hydrogens is 498 g/mol. The molecule has 2 N–H and O–H groups in total. The van der Waals surface area contributed by atoms with Crippen LogP contribution in [0.2, 0.25) is 5.02 Å². The molecule has 3 aromatic rings. The Morgan fingerprint density at radius 1 is 1.14 bits per heavy atom. The summed E-state index contributed by atoms with van der Waals surface area (Å²) in [7, 11) is 1.48. The van der Waals surface area contributed by atoms with E-state index in [-0.39, 0.29) is 21.8 Å². The second-order valence-corrected chi connectivity index (χ2v) is 10.4. The van der Waals surface area contributed by atoms with Crippen LogP contribution in [0.15, 0.2) is 24.5 Å². The van der Waals surface area contributed by atoms with Gasteiger partial charge < -0.3 is 19.7 Å². The molecule has 7 rings (SSSR count). The standard InChI is InChI=1S/C23H25ClF2N6O4/c1-35-22-16(4-12-8-32(30-27-12)23-5-11(6-23)7-23)36-17(10-33)21(34)20(22)31-9-15(28-29-31)13-2-3-14(24)19(26)18(13)25/h2-3,8-9,11,16-17,20-22,33-34H,4-7,10H2,1H3/t11?,16-,17-,20+,21+,22+,23?/m1/s1. The molecule has 4 aliphatic rings. The summed E-state index contributed by atoms with van der Waals surface area (Å²) in [5, 5.41) is 37.2. The highest BCUT2D eigenvalue weighted by Crippen LogP contribution is 2.61. The normalized spacial score (nSPS) is 33.3. The number of rotatable bonds is 7. The third-order valence-electron chi connectivity index (χ3n) is 7.81. The number of benzene rings is 1. The SMILES string of the molecule is CO[C@@H]1[C@@H](n2cc(-c3ccc(Cl)c(F)c3F)nn2)[C@@H](O)[C@@H](CO)O[C@@H]1Cc1cn(C23CC(C2)C3)nn1. The van der Waals surface area contributed by atoms with Crippen LogP contribution in [0.25, 0.3) is 11.3 Å². The van der Waals surface area contributed by atoms with Gasteiger partial charge in [0.1, 0.15) is 30.0 Å². The fourth-order valence-corrected chi connectivity index (χ4v) is 5.89. The van der Waals surface area contributed by atoms with Gasteiger partial charge in [-0.25, -0.2) is 18.1 Å². The van der Waals surface area contributed by atoms with Crippen molar-refractivity contribution in [3.05, 3.63) is 46.9 Å². The van der Waals surface area contributed by atoms with Crippen LogP contribution in [0.5, 0.6) is 0 Å². The van der Waals surface area contributed by atoms with E-state index in [1.807, 2.05) is 10.9 Å². The fourth-order valence-electron chi connectivity index (χ4n) is 5.74. The van der Waals surface area contributed by atoms with Crippen molar-refractivity contribution < 1.29 is 28.5 Å². The van der Waals surface area contributed by atoms with Gasteiger partial charge in [0.05, 0.1) is 35.2 Å². The summed E-state index contributed by atoms with van der Waals surface area (Å²) < 4.78 is 43.5. The molecule has 3 saturated carbocycles. The maximum Gasteiger partial charge on any atom is 0.178 e. The molecule has 10 nitrogen and oxygen atoms in total. The Morgan fingerprint density at radius 3 is 2.58 bits per heavy atom. The first kappa shape index (κ1) is 23.9. The van der Waals surface area contributed by atoms with E-state index in [2.05, 4.69) is 20.6 Å².